The number of rotatable bonds is 15. The van der Waals surface area contributed by atoms with Crippen LogP contribution in [0, 0.1) is 11.8 Å². The zero-order chi connectivity index (χ0) is 30.1. The van der Waals surface area contributed by atoms with Crippen LogP contribution in [-0.2, 0) is 19.2 Å². The summed E-state index contributed by atoms with van der Waals surface area (Å²) in [7, 11) is 0. The number of aliphatic carboxylic acids is 4. The van der Waals surface area contributed by atoms with Crippen LogP contribution in [0.15, 0.2) is 0 Å². The van der Waals surface area contributed by atoms with E-state index in [4.69, 9.17) is 49.1 Å². The minimum atomic E-state index is -0.933. The predicted molar refractivity (Wildman–Crippen MR) is 155 cm³/mol. The molecule has 14 N–H and O–H groups in total. The molecule has 0 amide bonds. The number of hydrogen-bond donors (Lipinski definition) is 9. The van der Waals surface area contributed by atoms with Crippen LogP contribution in [-0.4, -0.2) is 87.0 Å². The van der Waals surface area contributed by atoms with Crippen LogP contribution in [0.3, 0.4) is 0 Å². The first-order valence-corrected chi connectivity index (χ1v) is 13.5. The monoisotopic (exact) mass is 593 g/mol. The zero-order valence-electron chi connectivity index (χ0n) is 23.2. The van der Waals surface area contributed by atoms with E-state index in [-0.39, 0.29) is 18.3 Å². The minimum Gasteiger partial charge on any atom is -0.480 e. The molecule has 0 aromatic rings. The van der Waals surface area contributed by atoms with Gasteiger partial charge in [-0.05, 0) is 56.1 Å². The van der Waals surface area contributed by atoms with Gasteiger partial charge in [-0.1, -0.05) is 40.5 Å². The number of nitrogens with two attached hydrogens (primary N) is 5. The molecule has 0 bridgehead atoms. The highest BCUT2D eigenvalue weighted by atomic mass is 35.5. The molecule has 0 unspecified atom stereocenters. The zero-order valence-corrected chi connectivity index (χ0v) is 24.9. The summed E-state index contributed by atoms with van der Waals surface area (Å²) in [6.07, 6.45) is 6.01. The normalized spacial score (nSPS) is 13.8. The second-order valence-electron chi connectivity index (χ2n) is 8.78. The lowest BCUT2D eigenvalue weighted by Gasteiger charge is -2.11. The Morgan fingerprint density at radius 2 is 1.16 bits per heavy atom. The quantitative estimate of drug-likeness (QED) is 0.120. The molecule has 230 valence electrons. The van der Waals surface area contributed by atoms with Gasteiger partial charge in [0.1, 0.15) is 24.2 Å². The fourth-order valence-electron chi connectivity index (χ4n) is 2.11. The van der Waals surface area contributed by atoms with E-state index in [0.29, 0.717) is 31.7 Å². The Kier molecular flexibility index (Phi) is 36.3. The molecule has 13 nitrogen and oxygen atoms in total. The van der Waals surface area contributed by atoms with E-state index in [2.05, 4.69) is 0 Å². The third-order valence-corrected chi connectivity index (χ3v) is 5.47. The summed E-state index contributed by atoms with van der Waals surface area (Å²) < 4.78 is 0. The largest absolute Gasteiger partial charge is 0.480 e. The number of carboxylic acids is 4. The molecular formula is C23H52ClN5O8S. The molecule has 0 aliphatic carbocycles. The Morgan fingerprint density at radius 1 is 0.737 bits per heavy atom. The maximum atomic E-state index is 10.2. The summed E-state index contributed by atoms with van der Waals surface area (Å²) >= 11 is 1.60. The van der Waals surface area contributed by atoms with Crippen molar-refractivity contribution in [2.24, 2.45) is 40.5 Å². The van der Waals surface area contributed by atoms with Crippen molar-refractivity contribution in [3.63, 3.8) is 0 Å². The smallest absolute Gasteiger partial charge is 0.320 e. The second-order valence-corrected chi connectivity index (χ2v) is 9.76. The first kappa shape index (κ1) is 46.2. The average molecular weight is 594 g/mol. The van der Waals surface area contributed by atoms with Crippen molar-refractivity contribution in [3.05, 3.63) is 0 Å². The highest BCUT2D eigenvalue weighted by Crippen LogP contribution is 2.04. The molecule has 0 saturated carbocycles. The van der Waals surface area contributed by atoms with Gasteiger partial charge in [-0.2, -0.15) is 11.8 Å². The van der Waals surface area contributed by atoms with Crippen molar-refractivity contribution in [1.29, 1.82) is 0 Å². The van der Waals surface area contributed by atoms with E-state index in [1.807, 2.05) is 34.0 Å². The molecule has 0 rings (SSSR count). The third-order valence-electron chi connectivity index (χ3n) is 4.82. The first-order chi connectivity index (χ1) is 17.0. The molecule has 0 aliphatic heterocycles. The molecule has 0 aliphatic rings. The number of unbranched alkanes of at least 4 members (excludes halogenated alkanes) is 1. The van der Waals surface area contributed by atoms with Gasteiger partial charge in [0.15, 0.2) is 0 Å². The van der Waals surface area contributed by atoms with Crippen LogP contribution in [0.1, 0.15) is 66.2 Å². The molecular weight excluding hydrogens is 542 g/mol. The molecule has 38 heavy (non-hydrogen) atoms. The van der Waals surface area contributed by atoms with E-state index in [1.54, 1.807) is 11.8 Å². The van der Waals surface area contributed by atoms with Crippen molar-refractivity contribution in [2.75, 3.05) is 18.6 Å². The summed E-state index contributed by atoms with van der Waals surface area (Å²) in [6.45, 7) is 8.25. The Bertz CT molecular complexity index is 620. The lowest BCUT2D eigenvalue weighted by molar-refractivity contribution is -0.140. The first-order valence-electron chi connectivity index (χ1n) is 12.1. The topological polar surface area (TPSA) is 279 Å². The summed E-state index contributed by atoms with van der Waals surface area (Å²) in [5.74, 6) is -2.43. The summed E-state index contributed by atoms with van der Waals surface area (Å²) in [4.78, 5) is 40.5. The van der Waals surface area contributed by atoms with Crippen LogP contribution < -0.4 is 28.7 Å². The lowest BCUT2D eigenvalue weighted by Crippen LogP contribution is -2.36. The number of halogens is 1. The predicted octanol–water partition coefficient (Wildman–Crippen LogP) is 0.989. The van der Waals surface area contributed by atoms with Crippen molar-refractivity contribution in [2.45, 2.75) is 90.4 Å². The van der Waals surface area contributed by atoms with Crippen LogP contribution in [0.5, 0.6) is 0 Å². The van der Waals surface area contributed by atoms with Crippen molar-refractivity contribution < 1.29 is 39.6 Å². The Labute approximate surface area is 237 Å². The van der Waals surface area contributed by atoms with E-state index in [9.17, 15) is 19.2 Å². The maximum Gasteiger partial charge on any atom is 0.320 e. The number of thioether (sulfide) groups is 1. The Balaban J connectivity index is -0.000000126. The number of carbonyl (C=O) groups is 4. The lowest BCUT2D eigenvalue weighted by atomic mass is 10.0. The summed E-state index contributed by atoms with van der Waals surface area (Å²) in [5.41, 5.74) is 26.1. The van der Waals surface area contributed by atoms with Gasteiger partial charge in [-0.25, -0.2) is 0 Å². The summed E-state index contributed by atoms with van der Waals surface area (Å²) in [5, 5.41) is 33.3. The highest BCUT2D eigenvalue weighted by Gasteiger charge is 2.17. The van der Waals surface area contributed by atoms with Crippen LogP contribution in [0.25, 0.3) is 0 Å². The van der Waals surface area contributed by atoms with Gasteiger partial charge in [0.25, 0.3) is 0 Å². The molecule has 15 heteroatoms. The molecule has 0 aromatic carbocycles. The number of hydrogen-bond acceptors (Lipinski definition) is 10. The van der Waals surface area contributed by atoms with Crippen molar-refractivity contribution in [3.8, 4) is 0 Å². The van der Waals surface area contributed by atoms with Crippen LogP contribution in [0.2, 0.25) is 0 Å². The Hall–Kier alpha value is -1.68. The maximum absolute atomic E-state index is 10.2. The SMILES string of the molecule is CC(C)C[C@H](N)C(=O)O.CC[C@H](C)[C@H](N)C(=O)O.CSCC[C@H](N)C(=O)O.Cl.NCCCC[C@H](N)C(=O)O. The van der Waals surface area contributed by atoms with Crippen molar-refractivity contribution >= 4 is 48.0 Å². The average Bonchev–Trinajstić information content (AvgIpc) is 2.81. The van der Waals surface area contributed by atoms with Gasteiger partial charge < -0.3 is 49.1 Å². The van der Waals surface area contributed by atoms with Crippen molar-refractivity contribution in [1.82, 2.24) is 0 Å². The van der Waals surface area contributed by atoms with Gasteiger partial charge in [-0.15, -0.1) is 12.4 Å². The molecule has 0 spiro atoms. The fourth-order valence-corrected chi connectivity index (χ4v) is 2.60. The van der Waals surface area contributed by atoms with Gasteiger partial charge in [-0.3, -0.25) is 19.2 Å². The molecule has 0 aromatic heterocycles. The summed E-state index contributed by atoms with van der Waals surface area (Å²) in [6, 6.07) is -2.79. The molecule has 0 heterocycles. The van der Waals surface area contributed by atoms with Gasteiger partial charge in [0.05, 0.1) is 0 Å². The second kappa shape index (κ2) is 29.9. The third kappa shape index (κ3) is 34.3. The van der Waals surface area contributed by atoms with Gasteiger partial charge >= 0.3 is 23.9 Å². The van der Waals surface area contributed by atoms with Gasteiger partial charge in [0.2, 0.25) is 0 Å². The van der Waals surface area contributed by atoms with E-state index in [1.165, 1.54) is 0 Å². The van der Waals surface area contributed by atoms with Gasteiger partial charge in [0, 0.05) is 0 Å². The number of carboxylic acid groups (broad SMARTS) is 4. The molecule has 0 fully saturated rings. The van der Waals surface area contributed by atoms with E-state index in [0.717, 1.165) is 25.0 Å². The molecule has 0 saturated heterocycles. The molecule has 0 radical (unpaired) electrons. The van der Waals surface area contributed by atoms with Crippen LogP contribution in [0.4, 0.5) is 0 Å². The fraction of sp³-hybridized carbons (Fsp3) is 0.826. The van der Waals surface area contributed by atoms with Crippen LogP contribution >= 0.6 is 24.2 Å². The Morgan fingerprint density at radius 3 is 1.39 bits per heavy atom. The highest BCUT2D eigenvalue weighted by molar-refractivity contribution is 7.98. The van der Waals surface area contributed by atoms with E-state index < -0.39 is 48.0 Å². The standard InChI is InChI=1S/C6H14N2O2.2C6H13NO2.C5H11NO2S.ClH/c7-4-2-1-3-5(8)6(9)10;1-4(2)3-5(7)6(8)9;1-3-4(2)5(7)6(8)9;1-9-3-2-4(6)5(7)8;/h5H,1-4,7-8H2,(H,9,10);2*4-5H,3,7H2,1-2H3,(H,8,9);4H,2-3,6H2,1H3,(H,7,8);1H/t2*5-;4-,5-;4-;/m0000./s1. The molecule has 5 atom stereocenters. The minimum absolute atomic E-state index is 0. The van der Waals surface area contributed by atoms with E-state index >= 15 is 0 Å².